The Balaban J connectivity index is 0.00000385. The summed E-state index contributed by atoms with van der Waals surface area (Å²) in [5.74, 6) is 0.672. The Morgan fingerprint density at radius 1 is 0.939 bits per heavy atom. The van der Waals surface area contributed by atoms with E-state index in [0.717, 1.165) is 18.1 Å². The van der Waals surface area contributed by atoms with Crippen molar-refractivity contribution in [1.82, 2.24) is 20.9 Å². The number of likely N-dealkylation sites (tertiary alicyclic amines) is 1. The van der Waals surface area contributed by atoms with Gasteiger partial charge in [0.2, 0.25) is 0 Å². The number of carbonyl (C=O) groups is 1. The molecule has 3 N–H and O–H groups in total. The van der Waals surface area contributed by atoms with E-state index in [0.29, 0.717) is 18.7 Å². The number of nitrogens with one attached hydrogen (secondary N) is 3. The standard InChI is InChI=1S/C26H37N5O.HI/c1-26(2,3)30-24(32)23-9-7-8-22(16-23)18-29-25(27-4)28-17-20-10-12-21(13-11-20)19-31-14-5-6-15-31;/h7-13,16H,5-6,14-15,17-19H2,1-4H3,(H,30,32)(H2,27,28,29);1H. The third-order valence-corrected chi connectivity index (χ3v) is 5.45. The Kier molecular flexibility index (Phi) is 10.6. The minimum Gasteiger partial charge on any atom is -0.352 e. The van der Waals surface area contributed by atoms with Crippen molar-refractivity contribution in [2.75, 3.05) is 20.1 Å². The zero-order valence-corrected chi connectivity index (χ0v) is 22.6. The molecule has 0 atom stereocenters. The topological polar surface area (TPSA) is 68.8 Å². The van der Waals surface area contributed by atoms with Crippen LogP contribution in [0.5, 0.6) is 0 Å². The Bertz CT molecular complexity index is 915. The van der Waals surface area contributed by atoms with Crippen LogP contribution in [0.2, 0.25) is 0 Å². The van der Waals surface area contributed by atoms with E-state index in [2.05, 4.69) is 50.1 Å². The van der Waals surface area contributed by atoms with Gasteiger partial charge in [-0.05, 0) is 75.5 Å². The number of aliphatic imine (C=N–C) groups is 1. The lowest BCUT2D eigenvalue weighted by Crippen LogP contribution is -2.40. The second-order valence-corrected chi connectivity index (χ2v) is 9.48. The number of hydrogen-bond donors (Lipinski definition) is 3. The lowest BCUT2D eigenvalue weighted by Gasteiger charge is -2.20. The van der Waals surface area contributed by atoms with Crippen molar-refractivity contribution in [2.45, 2.75) is 58.8 Å². The van der Waals surface area contributed by atoms with Gasteiger partial charge in [-0.15, -0.1) is 24.0 Å². The van der Waals surface area contributed by atoms with Crippen LogP contribution in [0, 0.1) is 0 Å². The summed E-state index contributed by atoms with van der Waals surface area (Å²) in [4.78, 5) is 19.2. The predicted octanol–water partition coefficient (Wildman–Crippen LogP) is 4.29. The van der Waals surface area contributed by atoms with Crippen molar-refractivity contribution >= 4 is 35.8 Å². The van der Waals surface area contributed by atoms with Gasteiger partial charge < -0.3 is 16.0 Å². The number of guanidine groups is 1. The van der Waals surface area contributed by atoms with Gasteiger partial charge in [0.1, 0.15) is 0 Å². The summed E-state index contributed by atoms with van der Waals surface area (Å²) in [6.45, 7) is 10.7. The second kappa shape index (κ2) is 12.9. The molecule has 0 saturated carbocycles. The Morgan fingerprint density at radius 3 is 2.15 bits per heavy atom. The smallest absolute Gasteiger partial charge is 0.251 e. The molecule has 180 valence electrons. The summed E-state index contributed by atoms with van der Waals surface area (Å²) in [7, 11) is 1.77. The number of benzene rings is 2. The first kappa shape index (κ1) is 27.1. The highest BCUT2D eigenvalue weighted by Gasteiger charge is 2.15. The van der Waals surface area contributed by atoms with Gasteiger partial charge in [0.15, 0.2) is 5.96 Å². The van der Waals surface area contributed by atoms with Crippen LogP contribution in [0.15, 0.2) is 53.5 Å². The molecule has 1 aliphatic heterocycles. The van der Waals surface area contributed by atoms with E-state index in [9.17, 15) is 4.79 Å². The molecular formula is C26H38IN5O. The zero-order chi connectivity index (χ0) is 23.0. The second-order valence-electron chi connectivity index (χ2n) is 9.48. The minimum absolute atomic E-state index is 0. The van der Waals surface area contributed by atoms with Crippen LogP contribution >= 0.6 is 24.0 Å². The van der Waals surface area contributed by atoms with Crippen molar-refractivity contribution in [3.63, 3.8) is 0 Å². The fourth-order valence-corrected chi connectivity index (χ4v) is 3.79. The van der Waals surface area contributed by atoms with Crippen LogP contribution in [-0.4, -0.2) is 42.4 Å². The molecule has 2 aromatic carbocycles. The third kappa shape index (κ3) is 9.33. The van der Waals surface area contributed by atoms with Crippen LogP contribution in [0.25, 0.3) is 0 Å². The molecule has 0 spiro atoms. The maximum atomic E-state index is 12.4. The zero-order valence-electron chi connectivity index (χ0n) is 20.3. The molecular weight excluding hydrogens is 525 g/mol. The number of halogens is 1. The molecule has 1 aliphatic rings. The summed E-state index contributed by atoms with van der Waals surface area (Å²) in [5, 5.41) is 9.70. The Labute approximate surface area is 215 Å². The molecule has 7 heteroatoms. The number of rotatable bonds is 7. The lowest BCUT2D eigenvalue weighted by atomic mass is 10.1. The van der Waals surface area contributed by atoms with Crippen molar-refractivity contribution < 1.29 is 4.79 Å². The maximum absolute atomic E-state index is 12.4. The van der Waals surface area contributed by atoms with Gasteiger partial charge in [0, 0.05) is 37.8 Å². The molecule has 0 aromatic heterocycles. The summed E-state index contributed by atoms with van der Waals surface area (Å²) in [6.07, 6.45) is 2.64. The molecule has 33 heavy (non-hydrogen) atoms. The molecule has 0 aliphatic carbocycles. The van der Waals surface area contributed by atoms with E-state index in [1.807, 2.05) is 45.0 Å². The number of amides is 1. The van der Waals surface area contributed by atoms with Gasteiger partial charge in [0.05, 0.1) is 0 Å². The fourth-order valence-electron chi connectivity index (χ4n) is 3.79. The summed E-state index contributed by atoms with van der Waals surface area (Å²) < 4.78 is 0. The first-order valence-corrected chi connectivity index (χ1v) is 11.5. The first-order chi connectivity index (χ1) is 15.3. The Morgan fingerprint density at radius 2 is 1.55 bits per heavy atom. The van der Waals surface area contributed by atoms with E-state index in [1.165, 1.54) is 37.1 Å². The molecule has 2 aromatic rings. The molecule has 3 rings (SSSR count). The first-order valence-electron chi connectivity index (χ1n) is 11.5. The molecule has 0 unspecified atom stereocenters. The van der Waals surface area contributed by atoms with E-state index < -0.39 is 0 Å². The number of hydrogen-bond acceptors (Lipinski definition) is 3. The van der Waals surface area contributed by atoms with Gasteiger partial charge >= 0.3 is 0 Å². The van der Waals surface area contributed by atoms with Crippen LogP contribution < -0.4 is 16.0 Å². The average Bonchev–Trinajstić information content (AvgIpc) is 3.27. The predicted molar refractivity (Wildman–Crippen MR) is 147 cm³/mol. The molecule has 1 saturated heterocycles. The van der Waals surface area contributed by atoms with Crippen LogP contribution in [0.3, 0.4) is 0 Å². The van der Waals surface area contributed by atoms with Crippen molar-refractivity contribution in [3.8, 4) is 0 Å². The molecule has 6 nitrogen and oxygen atoms in total. The fraction of sp³-hybridized carbons (Fsp3) is 0.462. The third-order valence-electron chi connectivity index (χ3n) is 5.45. The highest BCUT2D eigenvalue weighted by Crippen LogP contribution is 2.13. The Hall–Kier alpha value is -2.13. The molecule has 1 fully saturated rings. The van der Waals surface area contributed by atoms with Crippen molar-refractivity contribution in [1.29, 1.82) is 0 Å². The van der Waals surface area contributed by atoms with Crippen molar-refractivity contribution in [2.24, 2.45) is 4.99 Å². The highest BCUT2D eigenvalue weighted by atomic mass is 127. The van der Waals surface area contributed by atoms with E-state index in [1.54, 1.807) is 7.05 Å². The highest BCUT2D eigenvalue weighted by molar-refractivity contribution is 14.0. The summed E-state index contributed by atoms with van der Waals surface area (Å²) in [6, 6.07) is 16.5. The van der Waals surface area contributed by atoms with Gasteiger partial charge in [-0.1, -0.05) is 36.4 Å². The van der Waals surface area contributed by atoms with E-state index in [-0.39, 0.29) is 35.4 Å². The monoisotopic (exact) mass is 563 g/mol. The van der Waals surface area contributed by atoms with Crippen LogP contribution in [-0.2, 0) is 19.6 Å². The number of carbonyl (C=O) groups excluding carboxylic acids is 1. The average molecular weight is 564 g/mol. The van der Waals surface area contributed by atoms with E-state index >= 15 is 0 Å². The van der Waals surface area contributed by atoms with Gasteiger partial charge in [-0.3, -0.25) is 14.7 Å². The van der Waals surface area contributed by atoms with Gasteiger partial charge in [-0.25, -0.2) is 0 Å². The maximum Gasteiger partial charge on any atom is 0.251 e. The summed E-state index contributed by atoms with van der Waals surface area (Å²) >= 11 is 0. The van der Waals surface area contributed by atoms with Crippen LogP contribution in [0.4, 0.5) is 0 Å². The molecule has 0 bridgehead atoms. The molecule has 0 radical (unpaired) electrons. The largest absolute Gasteiger partial charge is 0.352 e. The quantitative estimate of drug-likeness (QED) is 0.267. The van der Waals surface area contributed by atoms with E-state index in [4.69, 9.17) is 0 Å². The normalized spacial score (nSPS) is 14.5. The van der Waals surface area contributed by atoms with Crippen molar-refractivity contribution in [3.05, 3.63) is 70.8 Å². The lowest BCUT2D eigenvalue weighted by molar-refractivity contribution is 0.0919. The van der Waals surface area contributed by atoms with Gasteiger partial charge in [-0.2, -0.15) is 0 Å². The minimum atomic E-state index is -0.260. The summed E-state index contributed by atoms with van der Waals surface area (Å²) in [5.41, 5.74) is 4.02. The molecule has 1 heterocycles. The molecule has 1 amide bonds. The number of nitrogens with zero attached hydrogens (tertiary/aromatic N) is 2. The van der Waals surface area contributed by atoms with Crippen LogP contribution in [0.1, 0.15) is 60.7 Å². The SMILES string of the molecule is CN=C(NCc1ccc(CN2CCCC2)cc1)NCc1cccc(C(=O)NC(C)(C)C)c1.I. The van der Waals surface area contributed by atoms with Gasteiger partial charge in [0.25, 0.3) is 5.91 Å².